The number of carbonyl (C=O) groups is 1. The standard InChI is InChI=1S/C10H19NO4S4.Na/c1-3-4-6-17-10(16)18-8(2)9(12)11-5-7-19(13,14)15;/h8H,3-7H2,1-2H3,(H,11,12)(H,13,14,15);/q;+1/p-1/t8-;/m0./s1. The van der Waals surface area contributed by atoms with Gasteiger partial charge >= 0.3 is 29.6 Å². The molecule has 0 heterocycles. The van der Waals surface area contributed by atoms with Crippen molar-refractivity contribution >= 4 is 55.3 Å². The SMILES string of the molecule is CCCCSC(=S)S[C@@H](C)C(=O)NCCS(=O)(=O)[O-].[Na+]. The van der Waals surface area contributed by atoms with E-state index in [-0.39, 0.29) is 42.0 Å². The van der Waals surface area contributed by atoms with Gasteiger partial charge in [0, 0.05) is 6.54 Å². The first-order chi connectivity index (χ1) is 8.76. The van der Waals surface area contributed by atoms with Gasteiger partial charge in [0.1, 0.15) is 3.53 Å². The van der Waals surface area contributed by atoms with E-state index in [9.17, 15) is 17.8 Å². The minimum Gasteiger partial charge on any atom is -0.748 e. The molecule has 20 heavy (non-hydrogen) atoms. The number of rotatable bonds is 8. The van der Waals surface area contributed by atoms with Gasteiger partial charge in [-0.15, -0.1) is 11.8 Å². The first-order valence-corrected chi connectivity index (χ1v) is 9.66. The van der Waals surface area contributed by atoms with Crippen LogP contribution >= 0.6 is 35.7 Å². The van der Waals surface area contributed by atoms with Crippen LogP contribution in [-0.2, 0) is 14.9 Å². The molecule has 0 bridgehead atoms. The quantitative estimate of drug-likeness (QED) is 0.244. The van der Waals surface area contributed by atoms with Gasteiger partial charge in [-0.3, -0.25) is 4.79 Å². The van der Waals surface area contributed by atoms with Crippen LogP contribution < -0.4 is 34.9 Å². The molecule has 0 rings (SSSR count). The average molecular weight is 368 g/mol. The number of nitrogens with one attached hydrogen (secondary N) is 1. The molecule has 1 N–H and O–H groups in total. The summed E-state index contributed by atoms with van der Waals surface area (Å²) in [6, 6.07) is 0. The molecule has 0 aliphatic heterocycles. The number of thiocarbonyl (C=S) groups is 1. The molecule has 0 unspecified atom stereocenters. The van der Waals surface area contributed by atoms with E-state index in [2.05, 4.69) is 12.2 Å². The van der Waals surface area contributed by atoms with Crippen molar-refractivity contribution in [2.24, 2.45) is 0 Å². The van der Waals surface area contributed by atoms with E-state index in [1.807, 2.05) is 0 Å². The molecule has 1 amide bonds. The van der Waals surface area contributed by atoms with Crippen molar-refractivity contribution in [2.45, 2.75) is 31.9 Å². The summed E-state index contributed by atoms with van der Waals surface area (Å²) in [5.74, 6) is 0.0313. The monoisotopic (exact) mass is 367 g/mol. The molecule has 5 nitrogen and oxygen atoms in total. The molecule has 0 aromatic heterocycles. The zero-order chi connectivity index (χ0) is 14.9. The topological polar surface area (TPSA) is 86.3 Å². The van der Waals surface area contributed by atoms with Gasteiger partial charge in [-0.2, -0.15) is 0 Å². The molecule has 0 aromatic carbocycles. The van der Waals surface area contributed by atoms with Crippen LogP contribution in [0.5, 0.6) is 0 Å². The van der Waals surface area contributed by atoms with Crippen LogP contribution in [0, 0.1) is 0 Å². The number of thioether (sulfide) groups is 2. The maximum Gasteiger partial charge on any atom is 1.00 e. The van der Waals surface area contributed by atoms with Gasteiger partial charge in [0.25, 0.3) is 0 Å². The molecule has 0 saturated carbocycles. The van der Waals surface area contributed by atoms with Crippen molar-refractivity contribution in [1.29, 1.82) is 0 Å². The molecule has 0 fully saturated rings. The zero-order valence-electron chi connectivity index (χ0n) is 11.9. The zero-order valence-corrected chi connectivity index (χ0v) is 17.1. The largest absolute Gasteiger partial charge is 1.00 e. The van der Waals surface area contributed by atoms with Crippen LogP contribution in [-0.4, -0.2) is 45.7 Å². The summed E-state index contributed by atoms with van der Waals surface area (Å²) in [5.41, 5.74) is 0. The maximum absolute atomic E-state index is 11.6. The second kappa shape index (κ2) is 12.7. The fraction of sp³-hybridized carbons (Fsp3) is 0.800. The predicted molar refractivity (Wildman–Crippen MR) is 84.6 cm³/mol. The second-order valence-corrected chi connectivity index (χ2v) is 8.93. The third kappa shape index (κ3) is 14.1. The first kappa shape index (κ1) is 23.4. The Morgan fingerprint density at radius 3 is 2.55 bits per heavy atom. The number of unbranched alkanes of at least 4 members (excludes halogenated alkanes) is 1. The summed E-state index contributed by atoms with van der Waals surface area (Å²) in [5, 5.41) is 2.01. The normalized spacial score (nSPS) is 12.3. The molecule has 0 radical (unpaired) electrons. The molecule has 0 aliphatic carbocycles. The third-order valence-electron chi connectivity index (χ3n) is 2.01. The van der Waals surface area contributed by atoms with Crippen LogP contribution in [0.1, 0.15) is 26.7 Å². The Hall–Kier alpha value is 1.17. The molecule has 0 spiro atoms. The Kier molecular flexibility index (Phi) is 14.9. The van der Waals surface area contributed by atoms with E-state index in [1.165, 1.54) is 11.8 Å². The van der Waals surface area contributed by atoms with Crippen molar-refractivity contribution in [1.82, 2.24) is 5.32 Å². The van der Waals surface area contributed by atoms with Crippen LogP contribution in [0.3, 0.4) is 0 Å². The van der Waals surface area contributed by atoms with Crippen molar-refractivity contribution in [3.05, 3.63) is 0 Å². The summed E-state index contributed by atoms with van der Waals surface area (Å²) in [6.45, 7) is 3.63. The van der Waals surface area contributed by atoms with Gasteiger partial charge in [-0.05, 0) is 19.1 Å². The Labute approximate surface area is 156 Å². The summed E-state index contributed by atoms with van der Waals surface area (Å²) in [4.78, 5) is 11.6. The molecule has 0 saturated heterocycles. The molecule has 112 valence electrons. The van der Waals surface area contributed by atoms with Crippen molar-refractivity contribution in [3.8, 4) is 0 Å². The molecular formula is C10H18NNaO4S4. The van der Waals surface area contributed by atoms with E-state index >= 15 is 0 Å². The second-order valence-electron chi connectivity index (χ2n) is 3.76. The van der Waals surface area contributed by atoms with E-state index in [4.69, 9.17) is 12.2 Å². The van der Waals surface area contributed by atoms with Crippen LogP contribution in [0.4, 0.5) is 0 Å². The average Bonchev–Trinajstić information content (AvgIpc) is 2.27. The van der Waals surface area contributed by atoms with Crippen molar-refractivity contribution in [2.75, 3.05) is 18.1 Å². The Balaban J connectivity index is 0. The molecule has 10 heteroatoms. The minimum absolute atomic E-state index is 0. The van der Waals surface area contributed by atoms with Gasteiger partial charge in [-0.25, -0.2) is 8.42 Å². The Morgan fingerprint density at radius 1 is 1.45 bits per heavy atom. The van der Waals surface area contributed by atoms with Gasteiger partial charge in [0.05, 0.1) is 21.1 Å². The smallest absolute Gasteiger partial charge is 0.748 e. The molecule has 1 atom stereocenters. The fourth-order valence-corrected chi connectivity index (χ4v) is 4.04. The maximum atomic E-state index is 11.6. The van der Waals surface area contributed by atoms with E-state index in [0.29, 0.717) is 3.53 Å². The molecular weight excluding hydrogens is 349 g/mol. The molecule has 0 aromatic rings. The Morgan fingerprint density at radius 2 is 2.05 bits per heavy atom. The minimum atomic E-state index is -4.28. The Bertz CT molecular complexity index is 402. The summed E-state index contributed by atoms with van der Waals surface area (Å²) in [6.07, 6.45) is 2.17. The number of carbonyl (C=O) groups excluding carboxylic acids is 1. The van der Waals surface area contributed by atoms with E-state index in [1.54, 1.807) is 18.7 Å². The summed E-state index contributed by atoms with van der Waals surface area (Å²) in [7, 11) is -4.28. The van der Waals surface area contributed by atoms with E-state index < -0.39 is 21.1 Å². The van der Waals surface area contributed by atoms with Crippen LogP contribution in [0.2, 0.25) is 0 Å². The summed E-state index contributed by atoms with van der Waals surface area (Å²) < 4.78 is 31.8. The van der Waals surface area contributed by atoms with Gasteiger partial charge < -0.3 is 9.87 Å². The van der Waals surface area contributed by atoms with Gasteiger partial charge in [0.15, 0.2) is 0 Å². The van der Waals surface area contributed by atoms with Crippen LogP contribution in [0.15, 0.2) is 0 Å². The van der Waals surface area contributed by atoms with Crippen LogP contribution in [0.25, 0.3) is 0 Å². The van der Waals surface area contributed by atoms with Crippen molar-refractivity contribution < 1.29 is 47.3 Å². The number of hydrogen-bond donors (Lipinski definition) is 1. The predicted octanol–water partition coefficient (Wildman–Crippen LogP) is -1.41. The number of amides is 1. The first-order valence-electron chi connectivity index (χ1n) is 5.81. The molecule has 0 aliphatic rings. The summed E-state index contributed by atoms with van der Waals surface area (Å²) >= 11 is 7.95. The third-order valence-corrected chi connectivity index (χ3v) is 5.49. The van der Waals surface area contributed by atoms with Gasteiger partial charge in [-0.1, -0.05) is 37.3 Å². The van der Waals surface area contributed by atoms with Crippen molar-refractivity contribution in [3.63, 3.8) is 0 Å². The van der Waals surface area contributed by atoms with E-state index in [0.717, 1.165) is 18.6 Å². The van der Waals surface area contributed by atoms with Gasteiger partial charge in [0.2, 0.25) is 5.91 Å². The fourth-order valence-electron chi connectivity index (χ4n) is 0.975. The number of hydrogen-bond acceptors (Lipinski definition) is 7.